The molecule has 46 heavy (non-hydrogen) atoms. The van der Waals surface area contributed by atoms with Crippen LogP contribution in [0.2, 0.25) is 0 Å². The lowest BCUT2D eigenvalue weighted by Crippen LogP contribution is -2.06. The van der Waals surface area contributed by atoms with E-state index in [2.05, 4.69) is 0 Å². The van der Waals surface area contributed by atoms with Gasteiger partial charge in [-0.3, -0.25) is 9.59 Å². The van der Waals surface area contributed by atoms with Gasteiger partial charge in [-0.2, -0.15) is 0 Å². The molecule has 0 N–H and O–H groups in total. The second-order valence-electron chi connectivity index (χ2n) is 11.5. The maximum atomic E-state index is 12.4. The van der Waals surface area contributed by atoms with Crippen LogP contribution in [0.1, 0.15) is 52.7 Å². The van der Waals surface area contributed by atoms with Crippen molar-refractivity contribution in [3.05, 3.63) is 92.1 Å². The van der Waals surface area contributed by atoms with E-state index in [-0.39, 0.29) is 22.7 Å². The maximum absolute atomic E-state index is 12.4. The van der Waals surface area contributed by atoms with Crippen LogP contribution in [0, 0.1) is 0 Å². The molecule has 0 fully saturated rings. The molecule has 6 aromatic rings. The summed E-state index contributed by atoms with van der Waals surface area (Å²) in [7, 11) is 0. The van der Waals surface area contributed by atoms with Gasteiger partial charge in [0.25, 0.3) is 0 Å². The predicted molar refractivity (Wildman–Crippen MR) is 172 cm³/mol. The van der Waals surface area contributed by atoms with Gasteiger partial charge in [0.05, 0.1) is 34.1 Å². The molecule has 0 radical (unpaired) electrons. The summed E-state index contributed by atoms with van der Waals surface area (Å²) in [4.78, 5) is 49.6. The van der Waals surface area contributed by atoms with E-state index in [9.17, 15) is 19.2 Å². The van der Waals surface area contributed by atoms with E-state index in [4.69, 9.17) is 27.1 Å². The molecule has 0 atom stereocenters. The van der Waals surface area contributed by atoms with Crippen LogP contribution in [-0.4, -0.2) is 11.9 Å². The summed E-state index contributed by atoms with van der Waals surface area (Å²) in [5.41, 5.74) is 4.16. The van der Waals surface area contributed by atoms with Crippen LogP contribution in [-0.2, 0) is 22.4 Å². The molecule has 0 saturated heterocycles. The zero-order valence-corrected chi connectivity index (χ0v) is 26.1. The van der Waals surface area contributed by atoms with E-state index >= 15 is 0 Å². The van der Waals surface area contributed by atoms with Crippen molar-refractivity contribution in [2.45, 2.75) is 54.4 Å². The van der Waals surface area contributed by atoms with E-state index in [0.717, 1.165) is 11.1 Å². The molecular formula is C36H30O10. The summed E-state index contributed by atoms with van der Waals surface area (Å²) in [5, 5.41) is 1.64. The molecule has 4 aromatic heterocycles. The van der Waals surface area contributed by atoms with Crippen LogP contribution >= 0.6 is 0 Å². The first-order chi connectivity index (χ1) is 21.9. The summed E-state index contributed by atoms with van der Waals surface area (Å²) in [5.74, 6) is -0.932. The van der Waals surface area contributed by atoms with Crippen molar-refractivity contribution >= 4 is 55.8 Å². The van der Waals surface area contributed by atoms with Crippen molar-refractivity contribution in [1.82, 2.24) is 0 Å². The minimum atomic E-state index is -0.597. The Morgan fingerprint density at radius 3 is 1.35 bits per heavy atom. The van der Waals surface area contributed by atoms with Crippen molar-refractivity contribution in [1.29, 1.82) is 0 Å². The highest BCUT2D eigenvalue weighted by atomic mass is 16.5. The van der Waals surface area contributed by atoms with Gasteiger partial charge in [-0.25, -0.2) is 9.59 Å². The van der Waals surface area contributed by atoms with Gasteiger partial charge in [0.1, 0.15) is 22.3 Å². The molecule has 0 unspecified atom stereocenters. The Bertz CT molecular complexity index is 2230. The van der Waals surface area contributed by atoms with Gasteiger partial charge in [-0.15, -0.1) is 0 Å². The number of fused-ring (bicyclic) bond motifs is 4. The molecule has 0 saturated carbocycles. The predicted octanol–water partition coefficient (Wildman–Crippen LogP) is 7.93. The lowest BCUT2D eigenvalue weighted by molar-refractivity contribution is -0.132. The third-order valence-electron chi connectivity index (χ3n) is 7.50. The molecule has 0 bridgehead atoms. The minimum Gasteiger partial charge on any atom is -0.463 e. The molecule has 0 aliphatic carbocycles. The Labute approximate surface area is 261 Å². The fourth-order valence-electron chi connectivity index (χ4n) is 5.60. The van der Waals surface area contributed by atoms with Gasteiger partial charge in [0.2, 0.25) is 0 Å². The topological polar surface area (TPSA) is 139 Å². The molecular weight excluding hydrogens is 592 g/mol. The van der Waals surface area contributed by atoms with Crippen LogP contribution < -0.4 is 20.7 Å². The second-order valence-corrected chi connectivity index (χ2v) is 11.5. The molecule has 10 heteroatoms. The first-order valence-electron chi connectivity index (χ1n) is 14.6. The molecule has 2 aromatic carbocycles. The number of benzene rings is 2. The third-order valence-corrected chi connectivity index (χ3v) is 7.50. The monoisotopic (exact) mass is 622 g/mol. The second kappa shape index (κ2) is 11.7. The molecule has 4 heterocycles. The number of allylic oxidation sites excluding steroid dienone is 4. The summed E-state index contributed by atoms with van der Waals surface area (Å²) in [6, 6.07) is 5.61. The van der Waals surface area contributed by atoms with Gasteiger partial charge in [0, 0.05) is 48.2 Å². The molecule has 6 rings (SSSR count). The highest BCUT2D eigenvalue weighted by molar-refractivity contribution is 6.17. The fourth-order valence-corrected chi connectivity index (χ4v) is 5.60. The average molecular weight is 623 g/mol. The SMILES string of the molecule is CC(=O)Oc1c2ccc(=O)oc2c(CC=C(C)C)c2occ(-c3coc4c(CC=C(C)C)c5oc(=O)ccc5c(OC(C)=O)c34)c12. The highest BCUT2D eigenvalue weighted by Gasteiger charge is 2.29. The average Bonchev–Trinajstić information content (AvgIpc) is 3.60. The lowest BCUT2D eigenvalue weighted by Gasteiger charge is -2.13. The number of hydrogen-bond donors (Lipinski definition) is 0. The normalized spacial score (nSPS) is 11.3. The van der Waals surface area contributed by atoms with Crippen LogP contribution in [0.3, 0.4) is 0 Å². The molecule has 10 nitrogen and oxygen atoms in total. The summed E-state index contributed by atoms with van der Waals surface area (Å²) < 4.78 is 35.3. The molecule has 234 valence electrons. The summed E-state index contributed by atoms with van der Waals surface area (Å²) >= 11 is 0. The number of esters is 2. The first-order valence-corrected chi connectivity index (χ1v) is 14.6. The summed E-state index contributed by atoms with van der Waals surface area (Å²) in [6.07, 6.45) is 7.64. The standard InChI is InChI=1S/C36H30O10/c1-17(2)7-9-21-31-23(11-13-27(39)45-31)35(43-19(5)37)29-25(15-41-33(21)29)26-16-42-34-22(10-8-18(3)4)32-24(12-14-28(40)46-32)36(30(26)34)44-20(6)38/h7-8,11-16H,9-10H2,1-6H3. The minimum absolute atomic E-state index is 0.130. The van der Waals surface area contributed by atoms with Crippen LogP contribution in [0.5, 0.6) is 11.5 Å². The van der Waals surface area contributed by atoms with Crippen molar-refractivity contribution in [2.75, 3.05) is 0 Å². The van der Waals surface area contributed by atoms with Gasteiger partial charge >= 0.3 is 23.2 Å². The number of hydrogen-bond acceptors (Lipinski definition) is 10. The van der Waals surface area contributed by atoms with Gasteiger partial charge < -0.3 is 27.1 Å². The maximum Gasteiger partial charge on any atom is 0.336 e. The smallest absolute Gasteiger partial charge is 0.336 e. The zero-order valence-electron chi connectivity index (χ0n) is 26.1. The van der Waals surface area contributed by atoms with Gasteiger partial charge in [-0.1, -0.05) is 23.3 Å². The Kier molecular flexibility index (Phi) is 7.73. The van der Waals surface area contributed by atoms with Crippen LogP contribution in [0.25, 0.3) is 55.0 Å². The van der Waals surface area contributed by atoms with Crippen molar-refractivity contribution in [2.24, 2.45) is 0 Å². The largest absolute Gasteiger partial charge is 0.463 e. The van der Waals surface area contributed by atoms with Gasteiger partial charge in [0.15, 0.2) is 11.5 Å². The van der Waals surface area contributed by atoms with Gasteiger partial charge in [-0.05, 0) is 52.7 Å². The number of furan rings is 2. The van der Waals surface area contributed by atoms with Crippen molar-refractivity contribution in [3.63, 3.8) is 0 Å². The van der Waals surface area contributed by atoms with E-state index in [1.165, 1.54) is 38.5 Å². The Hall–Kier alpha value is -5.64. The molecule has 0 aliphatic heterocycles. The number of ether oxygens (including phenoxy) is 2. The Morgan fingerprint density at radius 2 is 1.00 bits per heavy atom. The number of rotatable bonds is 7. The van der Waals surface area contributed by atoms with Crippen molar-refractivity contribution in [3.8, 4) is 22.6 Å². The third kappa shape index (κ3) is 5.32. The van der Waals surface area contributed by atoms with E-state index in [0.29, 0.717) is 67.8 Å². The van der Waals surface area contributed by atoms with Crippen molar-refractivity contribution < 1.29 is 36.7 Å². The van der Waals surface area contributed by atoms with Crippen LogP contribution in [0.15, 0.2) is 87.3 Å². The number of carbonyl (C=O) groups is 2. The summed E-state index contributed by atoms with van der Waals surface area (Å²) in [6.45, 7) is 10.3. The molecule has 0 spiro atoms. The Balaban J connectivity index is 1.79. The lowest BCUT2D eigenvalue weighted by atomic mass is 9.95. The highest BCUT2D eigenvalue weighted by Crippen LogP contribution is 2.50. The number of carbonyl (C=O) groups excluding carboxylic acids is 2. The fraction of sp³-hybridized carbons (Fsp3) is 0.222. The van der Waals surface area contributed by atoms with Crippen LogP contribution in [0.4, 0.5) is 0 Å². The van der Waals surface area contributed by atoms with E-state index in [1.807, 2.05) is 39.8 Å². The molecule has 0 aliphatic rings. The first kappa shape index (κ1) is 30.4. The van der Waals surface area contributed by atoms with E-state index < -0.39 is 23.2 Å². The quantitative estimate of drug-likeness (QED) is 0.0746. The Morgan fingerprint density at radius 1 is 0.609 bits per heavy atom. The zero-order chi connectivity index (χ0) is 32.9. The molecule has 0 amide bonds. The van der Waals surface area contributed by atoms with E-state index in [1.54, 1.807) is 12.1 Å².